The fourth-order valence-electron chi connectivity index (χ4n) is 1.91. The van der Waals surface area contributed by atoms with Crippen molar-refractivity contribution in [1.29, 1.82) is 0 Å². The van der Waals surface area contributed by atoms with Crippen LogP contribution in [-0.4, -0.2) is 22.2 Å². The molecule has 1 heterocycles. The van der Waals surface area contributed by atoms with Gasteiger partial charge in [-0.2, -0.15) is 0 Å². The van der Waals surface area contributed by atoms with Crippen LogP contribution in [0.2, 0.25) is 0 Å². The molecule has 0 amide bonds. The summed E-state index contributed by atoms with van der Waals surface area (Å²) < 4.78 is 0. The molecule has 0 spiro atoms. The van der Waals surface area contributed by atoms with Crippen LogP contribution in [0.15, 0.2) is 36.4 Å². The largest absolute Gasteiger partial charge is 0.481 e. The third-order valence-electron chi connectivity index (χ3n) is 3.00. The molecule has 0 aliphatic rings. The lowest BCUT2D eigenvalue weighted by molar-refractivity contribution is -0.138. The average molecular weight is 290 g/mol. The lowest BCUT2D eigenvalue weighted by Gasteiger charge is -2.01. The highest BCUT2D eigenvalue weighted by atomic mass is 32.1. The third kappa shape index (κ3) is 3.05. The van der Waals surface area contributed by atoms with Gasteiger partial charge in [0, 0.05) is 9.75 Å². The van der Waals surface area contributed by atoms with E-state index in [0.717, 1.165) is 10.4 Å². The maximum atomic E-state index is 11.1. The van der Waals surface area contributed by atoms with Crippen LogP contribution in [0.4, 0.5) is 0 Å². The van der Waals surface area contributed by atoms with Crippen molar-refractivity contribution < 1.29 is 19.8 Å². The smallest absolute Gasteiger partial charge is 0.311 e. The van der Waals surface area contributed by atoms with Gasteiger partial charge in [0.2, 0.25) is 0 Å². The molecule has 0 aliphatic heterocycles. The van der Waals surface area contributed by atoms with Gasteiger partial charge >= 0.3 is 11.9 Å². The Morgan fingerprint density at radius 2 is 1.85 bits per heavy atom. The molecule has 2 rings (SSSR count). The molecule has 4 nitrogen and oxygen atoms in total. The van der Waals surface area contributed by atoms with Crippen LogP contribution in [0.1, 0.15) is 23.3 Å². The highest BCUT2D eigenvalue weighted by Crippen LogP contribution is 2.36. The van der Waals surface area contributed by atoms with Crippen LogP contribution in [0.5, 0.6) is 0 Å². The lowest BCUT2D eigenvalue weighted by Crippen LogP contribution is -2.05. The Morgan fingerprint density at radius 3 is 2.40 bits per heavy atom. The first-order chi connectivity index (χ1) is 9.49. The number of carboxylic acid groups (broad SMARTS) is 2. The van der Waals surface area contributed by atoms with Crippen LogP contribution in [0.25, 0.3) is 10.4 Å². The van der Waals surface area contributed by atoms with Gasteiger partial charge in [0.25, 0.3) is 0 Å². The summed E-state index contributed by atoms with van der Waals surface area (Å²) in [5, 5.41) is 18.1. The molecule has 5 heteroatoms. The Bertz CT molecular complexity index is 631. The maximum absolute atomic E-state index is 11.1. The Labute approximate surface area is 120 Å². The molecule has 0 aliphatic carbocycles. The summed E-state index contributed by atoms with van der Waals surface area (Å²) in [5.74, 6) is -2.47. The number of carbonyl (C=O) groups is 2. The summed E-state index contributed by atoms with van der Waals surface area (Å²) in [6.45, 7) is 1.60. The summed E-state index contributed by atoms with van der Waals surface area (Å²) in [4.78, 5) is 23.5. The normalized spacial score (nSPS) is 12.1. The van der Waals surface area contributed by atoms with Crippen molar-refractivity contribution in [2.45, 2.75) is 19.3 Å². The molecule has 20 heavy (non-hydrogen) atoms. The van der Waals surface area contributed by atoms with Crippen LogP contribution < -0.4 is 0 Å². The van der Waals surface area contributed by atoms with Crippen molar-refractivity contribution in [3.05, 3.63) is 46.8 Å². The van der Waals surface area contributed by atoms with Gasteiger partial charge in [0.1, 0.15) is 0 Å². The summed E-state index contributed by atoms with van der Waals surface area (Å²) in [7, 11) is 0. The number of carboxylic acids is 2. The first-order valence-corrected chi connectivity index (χ1v) is 6.93. The van der Waals surface area contributed by atoms with Crippen molar-refractivity contribution in [2.24, 2.45) is 0 Å². The van der Waals surface area contributed by atoms with Gasteiger partial charge < -0.3 is 10.2 Å². The molecule has 0 fully saturated rings. The second kappa shape index (κ2) is 5.88. The van der Waals surface area contributed by atoms with Gasteiger partial charge in [-0.3, -0.25) is 9.59 Å². The highest BCUT2D eigenvalue weighted by Gasteiger charge is 2.20. The first kappa shape index (κ1) is 14.3. The fourth-order valence-corrected chi connectivity index (χ4v) is 3.14. The molecule has 104 valence electrons. The predicted molar refractivity (Wildman–Crippen MR) is 77.1 cm³/mol. The number of hydrogen-bond donors (Lipinski definition) is 2. The van der Waals surface area contributed by atoms with Crippen LogP contribution >= 0.6 is 11.3 Å². The summed E-state index contributed by atoms with van der Waals surface area (Å²) in [6, 6.07) is 11.1. The second-order valence-electron chi connectivity index (χ2n) is 4.50. The zero-order valence-corrected chi connectivity index (χ0v) is 11.7. The average Bonchev–Trinajstić information content (AvgIpc) is 2.81. The SMILES string of the molecule is CC(C(=O)O)c1cc(CC(=O)O)c(-c2ccccc2)s1. The summed E-state index contributed by atoms with van der Waals surface area (Å²) in [6.07, 6.45) is -0.104. The molecule has 2 aromatic rings. The standard InChI is InChI=1S/C15H14O4S/c1-9(15(18)19)12-7-11(8-13(16)17)14(20-12)10-5-3-2-4-6-10/h2-7,9H,8H2,1H3,(H,16,17)(H,18,19). The molecule has 0 bridgehead atoms. The number of aliphatic carboxylic acids is 2. The lowest BCUT2D eigenvalue weighted by atomic mass is 10.0. The van der Waals surface area contributed by atoms with Crippen molar-refractivity contribution in [3.63, 3.8) is 0 Å². The summed E-state index contributed by atoms with van der Waals surface area (Å²) in [5.41, 5.74) is 1.58. The fraction of sp³-hybridized carbons (Fsp3) is 0.200. The molecule has 1 atom stereocenters. The molecule has 1 unspecified atom stereocenters. The van der Waals surface area contributed by atoms with E-state index < -0.39 is 17.9 Å². The molecule has 1 aromatic carbocycles. The van der Waals surface area contributed by atoms with Gasteiger partial charge in [0.15, 0.2) is 0 Å². The van der Waals surface area contributed by atoms with E-state index in [2.05, 4.69) is 0 Å². The van der Waals surface area contributed by atoms with Crippen LogP contribution in [0, 0.1) is 0 Å². The van der Waals surface area contributed by atoms with Crippen molar-refractivity contribution in [2.75, 3.05) is 0 Å². The van der Waals surface area contributed by atoms with Gasteiger partial charge in [-0.25, -0.2) is 0 Å². The van der Waals surface area contributed by atoms with E-state index >= 15 is 0 Å². The van der Waals surface area contributed by atoms with Crippen molar-refractivity contribution in [1.82, 2.24) is 0 Å². The van der Waals surface area contributed by atoms with E-state index in [1.54, 1.807) is 13.0 Å². The molecule has 0 saturated heterocycles. The molecule has 1 aromatic heterocycles. The van der Waals surface area contributed by atoms with Crippen LogP contribution in [-0.2, 0) is 16.0 Å². The summed E-state index contributed by atoms with van der Waals surface area (Å²) >= 11 is 1.35. The Morgan fingerprint density at radius 1 is 1.20 bits per heavy atom. The van der Waals surface area contributed by atoms with Crippen LogP contribution in [0.3, 0.4) is 0 Å². The predicted octanol–water partition coefficient (Wildman–Crippen LogP) is 3.23. The molecule has 0 saturated carbocycles. The minimum absolute atomic E-state index is 0.104. The quantitative estimate of drug-likeness (QED) is 0.886. The second-order valence-corrected chi connectivity index (χ2v) is 5.58. The minimum atomic E-state index is -0.922. The van der Waals surface area contributed by atoms with E-state index in [4.69, 9.17) is 10.2 Å². The Hall–Kier alpha value is -2.14. The van der Waals surface area contributed by atoms with E-state index in [-0.39, 0.29) is 6.42 Å². The van der Waals surface area contributed by atoms with E-state index in [9.17, 15) is 9.59 Å². The molecule has 2 N–H and O–H groups in total. The Balaban J connectivity index is 2.48. The van der Waals surface area contributed by atoms with Crippen molar-refractivity contribution in [3.8, 4) is 10.4 Å². The van der Waals surface area contributed by atoms with E-state index in [1.807, 2.05) is 30.3 Å². The monoisotopic (exact) mass is 290 g/mol. The zero-order valence-electron chi connectivity index (χ0n) is 10.9. The van der Waals surface area contributed by atoms with E-state index in [1.165, 1.54) is 11.3 Å². The van der Waals surface area contributed by atoms with Gasteiger partial charge in [-0.15, -0.1) is 11.3 Å². The molecular weight excluding hydrogens is 276 g/mol. The molecular formula is C15H14O4S. The van der Waals surface area contributed by atoms with Crippen molar-refractivity contribution >= 4 is 23.3 Å². The van der Waals surface area contributed by atoms with Gasteiger partial charge in [0.05, 0.1) is 12.3 Å². The Kier molecular flexibility index (Phi) is 4.20. The third-order valence-corrected chi connectivity index (χ3v) is 4.41. The number of thiophene rings is 1. The molecule has 0 radical (unpaired) electrons. The minimum Gasteiger partial charge on any atom is -0.481 e. The topological polar surface area (TPSA) is 74.6 Å². The highest BCUT2D eigenvalue weighted by molar-refractivity contribution is 7.16. The van der Waals surface area contributed by atoms with Gasteiger partial charge in [-0.05, 0) is 24.1 Å². The zero-order chi connectivity index (χ0) is 14.7. The number of rotatable bonds is 5. The maximum Gasteiger partial charge on any atom is 0.311 e. The number of benzene rings is 1. The van der Waals surface area contributed by atoms with E-state index in [0.29, 0.717) is 10.4 Å². The number of hydrogen-bond acceptors (Lipinski definition) is 3. The van der Waals surface area contributed by atoms with Gasteiger partial charge in [-0.1, -0.05) is 30.3 Å². The first-order valence-electron chi connectivity index (χ1n) is 6.11.